The second-order valence-electron chi connectivity index (χ2n) is 1.59. The zero-order valence-electron chi connectivity index (χ0n) is 11.5. The molecule has 1 fully saturated rings. The van der Waals surface area contributed by atoms with Crippen LogP contribution in [0.5, 0.6) is 0 Å². The van der Waals surface area contributed by atoms with E-state index in [-0.39, 0.29) is 127 Å². The van der Waals surface area contributed by atoms with Crippen LogP contribution < -0.4 is 103 Å². The number of hydrogen-bond donors (Lipinski definition) is 0. The van der Waals surface area contributed by atoms with E-state index in [1.807, 2.05) is 0 Å². The third-order valence-electron chi connectivity index (χ3n) is 0.600. The van der Waals surface area contributed by atoms with Crippen molar-refractivity contribution in [3.8, 4) is 0 Å². The molecule has 0 spiro atoms. The van der Waals surface area contributed by atoms with Crippen molar-refractivity contribution in [3.05, 3.63) is 0 Å². The SMILES string of the molecule is O.O.O.O.O.O.O.O=P1([O-])OP(=O)([O-])OP(=O)([O-])O1.[Na+].[Na+].[Na+]. The van der Waals surface area contributed by atoms with E-state index in [9.17, 15) is 28.4 Å². The van der Waals surface area contributed by atoms with Crippen LogP contribution in [0.4, 0.5) is 0 Å². The molecule has 1 rings (SSSR count). The van der Waals surface area contributed by atoms with Crippen molar-refractivity contribution < 1.29 is 168 Å². The van der Waals surface area contributed by atoms with E-state index in [4.69, 9.17) is 0 Å². The minimum atomic E-state index is -5.36. The van der Waals surface area contributed by atoms with Crippen molar-refractivity contribution >= 4 is 23.5 Å². The van der Waals surface area contributed by atoms with Crippen molar-refractivity contribution in [2.45, 2.75) is 0 Å². The molecular weight excluding hydrogens is 418 g/mol. The van der Waals surface area contributed by atoms with Gasteiger partial charge < -0.3 is 53.0 Å². The van der Waals surface area contributed by atoms with Crippen molar-refractivity contribution in [1.29, 1.82) is 0 Å². The van der Waals surface area contributed by atoms with E-state index < -0.39 is 23.5 Å². The summed E-state index contributed by atoms with van der Waals surface area (Å²) in [5, 5.41) is 0. The van der Waals surface area contributed by atoms with E-state index >= 15 is 0 Å². The molecule has 1 aliphatic rings. The van der Waals surface area contributed by atoms with Gasteiger partial charge in [0.15, 0.2) is 0 Å². The summed E-state index contributed by atoms with van der Waals surface area (Å²) >= 11 is 0. The monoisotopic (exact) mass is 432 g/mol. The minimum absolute atomic E-state index is 0. The van der Waals surface area contributed by atoms with Crippen LogP contribution in [0.2, 0.25) is 0 Å². The van der Waals surface area contributed by atoms with Gasteiger partial charge in [-0.05, 0) is 0 Å². The van der Waals surface area contributed by atoms with Crippen LogP contribution in [0.25, 0.3) is 0 Å². The van der Waals surface area contributed by atoms with Crippen molar-refractivity contribution in [1.82, 2.24) is 0 Å². The predicted molar refractivity (Wildman–Crippen MR) is 51.4 cm³/mol. The second kappa shape index (κ2) is 22.2. The normalized spacial score (nSPS) is 30.1. The van der Waals surface area contributed by atoms with E-state index in [1.165, 1.54) is 0 Å². The molecule has 0 radical (unpaired) electrons. The Kier molecular flexibility index (Phi) is 64.5. The summed E-state index contributed by atoms with van der Waals surface area (Å²) in [6, 6.07) is 0. The Hall–Kier alpha value is 3.17. The second-order valence-corrected chi connectivity index (χ2v) is 6.23. The maximum absolute atomic E-state index is 10.2. The fraction of sp³-hybridized carbons (Fsp3) is 0. The maximum Gasteiger partial charge on any atom is 1.00 e. The van der Waals surface area contributed by atoms with Crippen LogP contribution >= 0.6 is 23.5 Å². The summed E-state index contributed by atoms with van der Waals surface area (Å²) in [4.78, 5) is 30.7. The molecule has 0 atom stereocenters. The van der Waals surface area contributed by atoms with Crippen LogP contribution in [0.1, 0.15) is 0 Å². The van der Waals surface area contributed by atoms with Gasteiger partial charge in [-0.25, -0.2) is 12.9 Å². The van der Waals surface area contributed by atoms with Crippen LogP contribution in [0.3, 0.4) is 0 Å². The van der Waals surface area contributed by atoms with Crippen LogP contribution in [0, 0.1) is 0 Å². The van der Waals surface area contributed by atoms with Crippen molar-refractivity contribution in [3.63, 3.8) is 0 Å². The molecule has 22 heavy (non-hydrogen) atoms. The molecule has 0 aromatic carbocycles. The molecule has 16 nitrogen and oxygen atoms in total. The molecule has 128 valence electrons. The van der Waals surface area contributed by atoms with Gasteiger partial charge in [0.05, 0.1) is 0 Å². The average Bonchev–Trinajstić information content (AvgIpc) is 1.44. The van der Waals surface area contributed by atoms with Gasteiger partial charge in [-0.1, -0.05) is 0 Å². The summed E-state index contributed by atoms with van der Waals surface area (Å²) in [7, 11) is -16.1. The van der Waals surface area contributed by atoms with Gasteiger partial charge in [-0.15, -0.1) is 0 Å². The largest absolute Gasteiger partial charge is 1.00 e. The van der Waals surface area contributed by atoms with Crippen LogP contribution in [-0.2, 0) is 26.6 Å². The third-order valence-corrected chi connectivity index (χ3v) is 5.40. The molecule has 14 N–H and O–H groups in total. The molecule has 0 aromatic heterocycles. The molecule has 1 saturated heterocycles. The standard InChI is InChI=1S/3Na.H3O9P3.7H2O/c;;;1-10(2)7-11(3,4)9-12(5,6)8-10;;;;;;;/h;;;(H,1,2)(H,3,4)(H,5,6);7*1H2/q3*+1;;;;;;;;/p-3. The zero-order chi connectivity index (χ0) is 9.62. The molecule has 0 bridgehead atoms. The summed E-state index contributed by atoms with van der Waals surface area (Å²) in [6.07, 6.45) is 0. The Labute approximate surface area is 189 Å². The van der Waals surface area contributed by atoms with E-state index in [0.717, 1.165) is 0 Å². The van der Waals surface area contributed by atoms with Crippen LogP contribution in [0.15, 0.2) is 0 Å². The quantitative estimate of drug-likeness (QED) is 0.258. The summed E-state index contributed by atoms with van der Waals surface area (Å²) < 4.78 is 40.3. The van der Waals surface area contributed by atoms with Gasteiger partial charge in [-0.2, -0.15) is 0 Å². The van der Waals surface area contributed by atoms with Crippen molar-refractivity contribution in [2.24, 2.45) is 0 Å². The van der Waals surface area contributed by atoms with Crippen LogP contribution in [-0.4, -0.2) is 38.3 Å². The Morgan fingerprint density at radius 1 is 0.455 bits per heavy atom. The Bertz CT molecular complexity index is 269. The summed E-state index contributed by atoms with van der Waals surface area (Å²) in [5.41, 5.74) is 0. The fourth-order valence-electron chi connectivity index (χ4n) is 0.412. The number of rotatable bonds is 0. The Morgan fingerprint density at radius 2 is 0.545 bits per heavy atom. The molecule has 0 aliphatic carbocycles. The Balaban J connectivity index is -0.0000000180. The number of phosphoric acid groups is 3. The third kappa shape index (κ3) is 25.4. The van der Waals surface area contributed by atoms with Gasteiger partial charge in [-0.3, -0.25) is 13.7 Å². The first-order chi connectivity index (χ1) is 5.12. The molecule has 0 saturated carbocycles. The Morgan fingerprint density at radius 3 is 0.636 bits per heavy atom. The van der Waals surface area contributed by atoms with Gasteiger partial charge in [0, 0.05) is 0 Å². The molecule has 0 amide bonds. The predicted octanol–water partition coefficient (Wildman–Crippen LogP) is -16.3. The van der Waals surface area contributed by atoms with E-state index in [1.54, 1.807) is 0 Å². The zero-order valence-corrected chi connectivity index (χ0v) is 20.2. The molecule has 0 unspecified atom stereocenters. The minimum Gasteiger partial charge on any atom is -0.756 e. The fourth-order valence-corrected chi connectivity index (χ4v) is 4.51. The van der Waals surface area contributed by atoms with Gasteiger partial charge >= 0.3 is 88.7 Å². The molecular formula is H14Na3O16P3. The number of hydrogen-bond acceptors (Lipinski definition) is 9. The summed E-state index contributed by atoms with van der Waals surface area (Å²) in [6.45, 7) is 0. The molecule has 0 aromatic rings. The van der Waals surface area contributed by atoms with Crippen molar-refractivity contribution in [2.75, 3.05) is 0 Å². The summed E-state index contributed by atoms with van der Waals surface area (Å²) in [5.74, 6) is 0. The topological polar surface area (TPSA) is 369 Å². The van der Waals surface area contributed by atoms with Gasteiger partial charge in [0.2, 0.25) is 0 Å². The van der Waals surface area contributed by atoms with E-state index in [0.29, 0.717) is 0 Å². The van der Waals surface area contributed by atoms with Gasteiger partial charge in [0.1, 0.15) is 0 Å². The smallest absolute Gasteiger partial charge is 0.756 e. The first-order valence-electron chi connectivity index (χ1n) is 2.19. The molecule has 1 aliphatic heterocycles. The first kappa shape index (κ1) is 63.9. The first-order valence-corrected chi connectivity index (χ1v) is 6.57. The average molecular weight is 432 g/mol. The molecule has 1 heterocycles. The molecule has 22 heteroatoms. The maximum atomic E-state index is 10.2. The van der Waals surface area contributed by atoms with E-state index in [2.05, 4.69) is 12.9 Å². The van der Waals surface area contributed by atoms with Gasteiger partial charge in [0.25, 0.3) is 23.5 Å².